The first-order valence-corrected chi connectivity index (χ1v) is 6.55. The fraction of sp³-hybridized carbons (Fsp3) is 0.600. The lowest BCUT2D eigenvalue weighted by atomic mass is 10.2. The van der Waals surface area contributed by atoms with E-state index in [1.165, 1.54) is 12.2 Å². The third kappa shape index (κ3) is 12.7. The molecule has 0 heterocycles. The average molecular weight is 268 g/mol. The Bertz CT molecular complexity index is 311. The van der Waals surface area contributed by atoms with Gasteiger partial charge < -0.3 is 9.47 Å². The smallest absolute Gasteiger partial charge is 0.330 e. The minimum atomic E-state index is -0.296. The van der Waals surface area contributed by atoms with Gasteiger partial charge in [0, 0.05) is 12.2 Å². The van der Waals surface area contributed by atoms with E-state index in [0.29, 0.717) is 13.2 Å². The second-order valence-electron chi connectivity index (χ2n) is 4.84. The summed E-state index contributed by atoms with van der Waals surface area (Å²) in [5, 5.41) is 0. The van der Waals surface area contributed by atoms with Crippen LogP contribution < -0.4 is 0 Å². The largest absolute Gasteiger partial charge is 0.463 e. The summed E-state index contributed by atoms with van der Waals surface area (Å²) < 4.78 is 10.0. The van der Waals surface area contributed by atoms with Crippen LogP contribution in [0.15, 0.2) is 23.3 Å². The molecule has 0 amide bonds. The van der Waals surface area contributed by atoms with Crippen molar-refractivity contribution in [1.29, 1.82) is 0 Å². The van der Waals surface area contributed by atoms with Crippen molar-refractivity contribution in [2.24, 2.45) is 0 Å². The molecule has 0 bridgehead atoms. The number of hydrogen-bond donors (Lipinski definition) is 0. The highest BCUT2D eigenvalue weighted by Gasteiger charge is 1.99. The molecule has 0 aliphatic carbocycles. The van der Waals surface area contributed by atoms with Crippen molar-refractivity contribution in [3.05, 3.63) is 23.3 Å². The third-order valence-electron chi connectivity index (χ3n) is 2.09. The van der Waals surface area contributed by atoms with Crippen LogP contribution in [0.5, 0.6) is 0 Å². The lowest BCUT2D eigenvalue weighted by Crippen LogP contribution is -2.05. The molecular weight excluding hydrogens is 244 g/mol. The minimum absolute atomic E-state index is 0.296. The van der Waals surface area contributed by atoms with E-state index in [2.05, 4.69) is 0 Å². The van der Waals surface area contributed by atoms with Crippen molar-refractivity contribution in [2.45, 2.75) is 47.0 Å². The SMILES string of the molecule is CC(C)=CC(=O)OCCCCCOC(=O)C=C(C)C. The lowest BCUT2D eigenvalue weighted by molar-refractivity contribution is -0.138. The Labute approximate surface area is 115 Å². The maximum atomic E-state index is 11.2. The third-order valence-corrected chi connectivity index (χ3v) is 2.09. The molecule has 0 atom stereocenters. The molecule has 0 N–H and O–H groups in total. The van der Waals surface area contributed by atoms with Gasteiger partial charge in [-0.05, 0) is 47.0 Å². The summed E-state index contributed by atoms with van der Waals surface area (Å²) in [4.78, 5) is 22.3. The molecule has 4 heteroatoms. The van der Waals surface area contributed by atoms with Gasteiger partial charge in [-0.25, -0.2) is 9.59 Å². The first-order chi connectivity index (χ1) is 8.91. The molecular formula is C15H24O4. The van der Waals surface area contributed by atoms with Gasteiger partial charge in [-0.15, -0.1) is 0 Å². The summed E-state index contributed by atoms with van der Waals surface area (Å²) >= 11 is 0. The van der Waals surface area contributed by atoms with Crippen LogP contribution in [0, 0.1) is 0 Å². The van der Waals surface area contributed by atoms with E-state index in [-0.39, 0.29) is 11.9 Å². The summed E-state index contributed by atoms with van der Waals surface area (Å²) in [6.07, 6.45) is 5.37. The minimum Gasteiger partial charge on any atom is -0.463 e. The van der Waals surface area contributed by atoms with Crippen LogP contribution >= 0.6 is 0 Å². The zero-order chi connectivity index (χ0) is 14.7. The van der Waals surface area contributed by atoms with Crippen LogP contribution in [-0.2, 0) is 19.1 Å². The molecule has 0 fully saturated rings. The number of unbranched alkanes of at least 4 members (excludes halogenated alkanes) is 2. The number of ether oxygens (including phenoxy) is 2. The van der Waals surface area contributed by atoms with Crippen LogP contribution in [0.4, 0.5) is 0 Å². The molecule has 0 aliphatic rings. The Morgan fingerprint density at radius 1 is 0.737 bits per heavy atom. The molecule has 0 saturated carbocycles. The fourth-order valence-corrected chi connectivity index (χ4v) is 1.28. The molecule has 0 spiro atoms. The number of carbonyl (C=O) groups is 2. The molecule has 0 rings (SSSR count). The first-order valence-electron chi connectivity index (χ1n) is 6.55. The van der Waals surface area contributed by atoms with Gasteiger partial charge in [-0.1, -0.05) is 11.1 Å². The monoisotopic (exact) mass is 268 g/mol. The summed E-state index contributed by atoms with van der Waals surface area (Å²) in [6, 6.07) is 0. The zero-order valence-corrected chi connectivity index (χ0v) is 12.3. The van der Waals surface area contributed by atoms with Crippen LogP contribution in [0.2, 0.25) is 0 Å². The number of hydrogen-bond acceptors (Lipinski definition) is 4. The summed E-state index contributed by atoms with van der Waals surface area (Å²) in [7, 11) is 0. The topological polar surface area (TPSA) is 52.6 Å². The van der Waals surface area contributed by atoms with E-state index in [1.807, 2.05) is 27.7 Å². The number of allylic oxidation sites excluding steroid dienone is 2. The second kappa shape index (κ2) is 10.4. The lowest BCUT2D eigenvalue weighted by Gasteiger charge is -2.03. The Hall–Kier alpha value is -1.58. The Kier molecular flexibility index (Phi) is 9.49. The highest BCUT2D eigenvalue weighted by Crippen LogP contribution is 1.99. The zero-order valence-electron chi connectivity index (χ0n) is 12.3. The average Bonchev–Trinajstić information content (AvgIpc) is 2.25. The van der Waals surface area contributed by atoms with Crippen molar-refractivity contribution >= 4 is 11.9 Å². The van der Waals surface area contributed by atoms with Crippen LogP contribution in [-0.4, -0.2) is 25.2 Å². The maximum absolute atomic E-state index is 11.2. The first kappa shape index (κ1) is 17.4. The summed E-state index contributed by atoms with van der Waals surface area (Å²) in [5.41, 5.74) is 1.85. The molecule has 0 aliphatic heterocycles. The fourth-order valence-electron chi connectivity index (χ4n) is 1.28. The standard InChI is InChI=1S/C15H24O4/c1-12(2)10-14(16)18-8-6-5-7-9-19-15(17)11-13(3)4/h10-11H,5-9H2,1-4H3. The normalized spacial score (nSPS) is 9.47. The Balaban J connectivity index is 3.47. The number of esters is 2. The van der Waals surface area contributed by atoms with Gasteiger partial charge in [0.15, 0.2) is 0 Å². The highest BCUT2D eigenvalue weighted by molar-refractivity contribution is 5.82. The van der Waals surface area contributed by atoms with E-state index >= 15 is 0 Å². The van der Waals surface area contributed by atoms with E-state index in [1.54, 1.807) is 0 Å². The van der Waals surface area contributed by atoms with Crippen LogP contribution in [0.3, 0.4) is 0 Å². The summed E-state index contributed by atoms with van der Waals surface area (Å²) in [5.74, 6) is -0.593. The van der Waals surface area contributed by atoms with Gasteiger partial charge in [-0.2, -0.15) is 0 Å². The van der Waals surface area contributed by atoms with E-state index in [0.717, 1.165) is 30.4 Å². The van der Waals surface area contributed by atoms with Crippen molar-refractivity contribution in [3.63, 3.8) is 0 Å². The molecule has 19 heavy (non-hydrogen) atoms. The van der Waals surface area contributed by atoms with E-state index in [9.17, 15) is 9.59 Å². The molecule has 0 unspecified atom stereocenters. The molecule has 4 nitrogen and oxygen atoms in total. The van der Waals surface area contributed by atoms with Gasteiger partial charge in [0.1, 0.15) is 0 Å². The molecule has 0 aromatic heterocycles. The maximum Gasteiger partial charge on any atom is 0.330 e. The number of rotatable bonds is 8. The van der Waals surface area contributed by atoms with Crippen LogP contribution in [0.1, 0.15) is 47.0 Å². The molecule has 0 aromatic carbocycles. The van der Waals surface area contributed by atoms with Gasteiger partial charge in [-0.3, -0.25) is 0 Å². The van der Waals surface area contributed by atoms with Crippen molar-refractivity contribution in [1.82, 2.24) is 0 Å². The Morgan fingerprint density at radius 3 is 1.42 bits per heavy atom. The van der Waals surface area contributed by atoms with Gasteiger partial charge in [0.25, 0.3) is 0 Å². The van der Waals surface area contributed by atoms with E-state index < -0.39 is 0 Å². The summed E-state index contributed by atoms with van der Waals surface area (Å²) in [6.45, 7) is 8.21. The molecule has 0 aromatic rings. The highest BCUT2D eigenvalue weighted by atomic mass is 16.5. The quantitative estimate of drug-likeness (QED) is 0.385. The molecule has 0 radical (unpaired) electrons. The number of carbonyl (C=O) groups excluding carboxylic acids is 2. The predicted molar refractivity (Wildman–Crippen MR) is 74.6 cm³/mol. The molecule has 108 valence electrons. The molecule has 0 saturated heterocycles. The Morgan fingerprint density at radius 2 is 1.11 bits per heavy atom. The van der Waals surface area contributed by atoms with Gasteiger partial charge in [0.2, 0.25) is 0 Å². The van der Waals surface area contributed by atoms with E-state index in [4.69, 9.17) is 9.47 Å². The van der Waals surface area contributed by atoms with Crippen LogP contribution in [0.25, 0.3) is 0 Å². The van der Waals surface area contributed by atoms with Gasteiger partial charge in [0.05, 0.1) is 13.2 Å². The van der Waals surface area contributed by atoms with Gasteiger partial charge >= 0.3 is 11.9 Å². The van der Waals surface area contributed by atoms with Crippen molar-refractivity contribution in [2.75, 3.05) is 13.2 Å². The second-order valence-corrected chi connectivity index (χ2v) is 4.84. The van der Waals surface area contributed by atoms with Crippen molar-refractivity contribution < 1.29 is 19.1 Å². The predicted octanol–water partition coefficient (Wildman–Crippen LogP) is 3.18. The van der Waals surface area contributed by atoms with Crippen molar-refractivity contribution in [3.8, 4) is 0 Å².